The standard InChI is InChI=1S/C15H19N5O2/c1-10-4-3-5-12(17-10)19-15(21)18-11-6-9-22-13(11)14-16-7-8-20(14)2/h3-5,7-8,11,13H,6,9H2,1-2H3,(H2,17,18,19,21)/t11-,13-/m0/s1. The molecule has 2 aromatic heterocycles. The molecule has 0 radical (unpaired) electrons. The average molecular weight is 301 g/mol. The molecule has 0 aromatic carbocycles. The summed E-state index contributed by atoms with van der Waals surface area (Å²) in [5.74, 6) is 1.35. The van der Waals surface area contributed by atoms with E-state index < -0.39 is 0 Å². The van der Waals surface area contributed by atoms with Crippen LogP contribution in [-0.2, 0) is 11.8 Å². The highest BCUT2D eigenvalue weighted by atomic mass is 16.5. The maximum Gasteiger partial charge on any atom is 0.320 e. The third kappa shape index (κ3) is 3.09. The number of rotatable bonds is 3. The van der Waals surface area contributed by atoms with Crippen LogP contribution in [-0.4, -0.2) is 33.2 Å². The molecule has 22 heavy (non-hydrogen) atoms. The molecule has 0 unspecified atom stereocenters. The summed E-state index contributed by atoms with van der Waals surface area (Å²) < 4.78 is 7.63. The summed E-state index contributed by atoms with van der Waals surface area (Å²) in [5, 5.41) is 5.69. The molecule has 0 bridgehead atoms. The first-order valence-electron chi connectivity index (χ1n) is 7.23. The zero-order valence-corrected chi connectivity index (χ0v) is 12.6. The van der Waals surface area contributed by atoms with E-state index in [-0.39, 0.29) is 18.2 Å². The fourth-order valence-corrected chi connectivity index (χ4v) is 2.58. The lowest BCUT2D eigenvalue weighted by Crippen LogP contribution is -2.40. The van der Waals surface area contributed by atoms with Gasteiger partial charge in [-0.15, -0.1) is 0 Å². The van der Waals surface area contributed by atoms with Crippen molar-refractivity contribution >= 4 is 11.8 Å². The van der Waals surface area contributed by atoms with E-state index in [1.54, 1.807) is 12.3 Å². The second-order valence-electron chi connectivity index (χ2n) is 5.35. The molecule has 1 aliphatic heterocycles. The van der Waals surface area contributed by atoms with Crippen molar-refractivity contribution in [2.75, 3.05) is 11.9 Å². The zero-order chi connectivity index (χ0) is 15.5. The maximum atomic E-state index is 12.1. The van der Waals surface area contributed by atoms with Crippen molar-refractivity contribution < 1.29 is 9.53 Å². The second-order valence-corrected chi connectivity index (χ2v) is 5.35. The Labute approximate surface area is 128 Å². The van der Waals surface area contributed by atoms with E-state index in [9.17, 15) is 4.79 Å². The van der Waals surface area contributed by atoms with Crippen molar-refractivity contribution in [3.8, 4) is 0 Å². The van der Waals surface area contributed by atoms with Crippen molar-refractivity contribution in [3.05, 3.63) is 42.1 Å². The first-order chi connectivity index (χ1) is 10.6. The molecule has 0 spiro atoms. The summed E-state index contributed by atoms with van der Waals surface area (Å²) in [5.41, 5.74) is 0.855. The van der Waals surface area contributed by atoms with Gasteiger partial charge in [0.25, 0.3) is 0 Å². The van der Waals surface area contributed by atoms with Gasteiger partial charge in [-0.2, -0.15) is 0 Å². The van der Waals surface area contributed by atoms with Crippen LogP contribution in [0.3, 0.4) is 0 Å². The molecule has 3 heterocycles. The molecule has 0 aliphatic carbocycles. The largest absolute Gasteiger partial charge is 0.368 e. The number of hydrogen-bond donors (Lipinski definition) is 2. The van der Waals surface area contributed by atoms with E-state index in [0.717, 1.165) is 17.9 Å². The van der Waals surface area contributed by atoms with E-state index in [1.165, 1.54) is 0 Å². The Hall–Kier alpha value is -2.41. The summed E-state index contributed by atoms with van der Waals surface area (Å²) in [6, 6.07) is 5.10. The molecule has 2 N–H and O–H groups in total. The summed E-state index contributed by atoms with van der Waals surface area (Å²) in [4.78, 5) is 20.7. The third-order valence-corrected chi connectivity index (χ3v) is 3.65. The molecule has 1 fully saturated rings. The van der Waals surface area contributed by atoms with Crippen LogP contribution in [0.5, 0.6) is 0 Å². The molecule has 0 saturated carbocycles. The number of nitrogens with zero attached hydrogens (tertiary/aromatic N) is 3. The monoisotopic (exact) mass is 301 g/mol. The number of aryl methyl sites for hydroxylation is 2. The van der Waals surface area contributed by atoms with Gasteiger partial charge in [-0.3, -0.25) is 5.32 Å². The highest BCUT2D eigenvalue weighted by Crippen LogP contribution is 2.27. The van der Waals surface area contributed by atoms with Crippen LogP contribution < -0.4 is 10.6 Å². The number of nitrogens with one attached hydrogen (secondary N) is 2. The minimum atomic E-state index is -0.284. The van der Waals surface area contributed by atoms with Crippen LogP contribution in [0, 0.1) is 6.92 Å². The number of carbonyl (C=O) groups is 1. The molecular formula is C15H19N5O2. The lowest BCUT2D eigenvalue weighted by molar-refractivity contribution is 0.0913. The number of hydrogen-bond acceptors (Lipinski definition) is 4. The van der Waals surface area contributed by atoms with Crippen molar-refractivity contribution in [2.45, 2.75) is 25.5 Å². The Balaban J connectivity index is 1.64. The summed E-state index contributed by atoms with van der Waals surface area (Å²) >= 11 is 0. The normalized spacial score (nSPS) is 20.8. The summed E-state index contributed by atoms with van der Waals surface area (Å²) in [6.07, 6.45) is 4.12. The van der Waals surface area contributed by atoms with E-state index in [4.69, 9.17) is 4.74 Å². The number of carbonyl (C=O) groups excluding carboxylic acids is 1. The van der Waals surface area contributed by atoms with Crippen LogP contribution in [0.25, 0.3) is 0 Å². The van der Waals surface area contributed by atoms with Gasteiger partial charge in [0, 0.05) is 31.7 Å². The van der Waals surface area contributed by atoms with E-state index >= 15 is 0 Å². The molecule has 116 valence electrons. The Bertz CT molecular complexity index is 669. The minimum Gasteiger partial charge on any atom is -0.368 e. The lowest BCUT2D eigenvalue weighted by Gasteiger charge is -2.19. The number of pyridine rings is 1. The molecule has 2 atom stereocenters. The van der Waals surface area contributed by atoms with E-state index in [1.807, 2.05) is 36.9 Å². The molecule has 7 heteroatoms. The highest BCUT2D eigenvalue weighted by molar-refractivity contribution is 5.88. The van der Waals surface area contributed by atoms with Crippen molar-refractivity contribution in [1.82, 2.24) is 19.9 Å². The highest BCUT2D eigenvalue weighted by Gasteiger charge is 2.33. The van der Waals surface area contributed by atoms with Crippen LogP contribution >= 0.6 is 0 Å². The van der Waals surface area contributed by atoms with Crippen LogP contribution in [0.15, 0.2) is 30.6 Å². The fourth-order valence-electron chi connectivity index (χ4n) is 2.58. The van der Waals surface area contributed by atoms with Gasteiger partial charge >= 0.3 is 6.03 Å². The average Bonchev–Trinajstić information content (AvgIpc) is 3.07. The van der Waals surface area contributed by atoms with E-state index in [0.29, 0.717) is 12.4 Å². The second kappa shape index (κ2) is 6.15. The predicted octanol–water partition coefficient (Wildman–Crippen LogP) is 1.78. The van der Waals surface area contributed by atoms with Gasteiger partial charge in [-0.1, -0.05) is 6.07 Å². The van der Waals surface area contributed by atoms with Gasteiger partial charge in [0.05, 0.1) is 6.04 Å². The van der Waals surface area contributed by atoms with Gasteiger partial charge in [-0.05, 0) is 25.5 Å². The fraction of sp³-hybridized carbons (Fsp3) is 0.400. The Morgan fingerprint density at radius 3 is 3.05 bits per heavy atom. The Morgan fingerprint density at radius 1 is 1.45 bits per heavy atom. The predicted molar refractivity (Wildman–Crippen MR) is 81.4 cm³/mol. The molecule has 3 rings (SSSR count). The molecular weight excluding hydrogens is 282 g/mol. The number of imidazole rings is 1. The van der Waals surface area contributed by atoms with Crippen LogP contribution in [0.4, 0.5) is 10.6 Å². The smallest absolute Gasteiger partial charge is 0.320 e. The van der Waals surface area contributed by atoms with Gasteiger partial charge in [0.15, 0.2) is 0 Å². The quantitative estimate of drug-likeness (QED) is 0.905. The topological polar surface area (TPSA) is 81.1 Å². The number of anilines is 1. The van der Waals surface area contributed by atoms with E-state index in [2.05, 4.69) is 20.6 Å². The van der Waals surface area contributed by atoms with Crippen molar-refractivity contribution in [1.29, 1.82) is 0 Å². The molecule has 7 nitrogen and oxygen atoms in total. The SMILES string of the molecule is Cc1cccc(NC(=O)N[C@H]2CCO[C@@H]2c2nccn2C)n1. The number of aromatic nitrogens is 3. The first kappa shape index (κ1) is 14.5. The summed E-state index contributed by atoms with van der Waals surface area (Å²) in [7, 11) is 1.91. The molecule has 1 aliphatic rings. The summed E-state index contributed by atoms with van der Waals surface area (Å²) in [6.45, 7) is 2.48. The number of amides is 2. The Kier molecular flexibility index (Phi) is 4.06. The van der Waals surface area contributed by atoms with Gasteiger partial charge in [0.2, 0.25) is 0 Å². The Morgan fingerprint density at radius 2 is 2.32 bits per heavy atom. The molecule has 1 saturated heterocycles. The van der Waals surface area contributed by atoms with Crippen LogP contribution in [0.1, 0.15) is 24.0 Å². The molecule has 2 aromatic rings. The van der Waals surface area contributed by atoms with Gasteiger partial charge in [-0.25, -0.2) is 14.8 Å². The number of urea groups is 1. The number of ether oxygens (including phenoxy) is 1. The minimum absolute atomic E-state index is 0.106. The van der Waals surface area contributed by atoms with Gasteiger partial charge in [0.1, 0.15) is 17.7 Å². The van der Waals surface area contributed by atoms with Crippen molar-refractivity contribution in [2.24, 2.45) is 7.05 Å². The first-order valence-corrected chi connectivity index (χ1v) is 7.23. The van der Waals surface area contributed by atoms with Gasteiger partial charge < -0.3 is 14.6 Å². The lowest BCUT2D eigenvalue weighted by atomic mass is 10.1. The third-order valence-electron chi connectivity index (χ3n) is 3.65. The maximum absolute atomic E-state index is 12.1. The molecule has 2 amide bonds. The zero-order valence-electron chi connectivity index (χ0n) is 12.6. The van der Waals surface area contributed by atoms with Crippen molar-refractivity contribution in [3.63, 3.8) is 0 Å². The van der Waals surface area contributed by atoms with Crippen LogP contribution in [0.2, 0.25) is 0 Å².